The van der Waals surface area contributed by atoms with Gasteiger partial charge in [0.15, 0.2) is 0 Å². The highest BCUT2D eigenvalue weighted by molar-refractivity contribution is 6.11. The average Bonchev–Trinajstić information content (AvgIpc) is 2.97. The van der Waals surface area contributed by atoms with Crippen molar-refractivity contribution >= 4 is 23.2 Å². The van der Waals surface area contributed by atoms with Gasteiger partial charge in [0.1, 0.15) is 12.8 Å². The van der Waals surface area contributed by atoms with Crippen LogP contribution in [0.5, 0.6) is 0 Å². The Kier molecular flexibility index (Phi) is 3.73. The van der Waals surface area contributed by atoms with Gasteiger partial charge in [0.05, 0.1) is 16.9 Å². The van der Waals surface area contributed by atoms with Gasteiger partial charge in [-0.15, -0.1) is 0 Å². The smallest absolute Gasteiger partial charge is 0.256 e. The Morgan fingerprint density at radius 2 is 2.23 bits per heavy atom. The molecular weight excluding hydrogens is 290 g/mol. The SMILES string of the molecule is COCN1C(=O)C2CCCN2C(=O)c2cc(N([O-])O)ccc21. The van der Waals surface area contributed by atoms with E-state index in [0.717, 1.165) is 6.42 Å². The third-order valence-corrected chi connectivity index (χ3v) is 4.05. The maximum atomic E-state index is 12.7. The van der Waals surface area contributed by atoms with Crippen LogP contribution >= 0.6 is 0 Å². The second kappa shape index (κ2) is 5.56. The highest BCUT2D eigenvalue weighted by Crippen LogP contribution is 2.34. The molecule has 0 aromatic heterocycles. The summed E-state index contributed by atoms with van der Waals surface area (Å²) < 4.78 is 5.08. The number of hydrogen-bond donors (Lipinski definition) is 1. The minimum atomic E-state index is -0.504. The fourth-order valence-electron chi connectivity index (χ4n) is 3.03. The molecule has 1 fully saturated rings. The molecule has 2 amide bonds. The second-order valence-corrected chi connectivity index (χ2v) is 5.32. The number of ether oxygens (including phenoxy) is 1. The molecule has 3 rings (SSSR count). The summed E-state index contributed by atoms with van der Waals surface area (Å²) in [7, 11) is 1.47. The summed E-state index contributed by atoms with van der Waals surface area (Å²) in [5, 5.41) is 19.8. The van der Waals surface area contributed by atoms with Crippen molar-refractivity contribution in [3.05, 3.63) is 29.0 Å². The van der Waals surface area contributed by atoms with E-state index in [1.807, 2.05) is 0 Å². The van der Waals surface area contributed by atoms with E-state index >= 15 is 0 Å². The summed E-state index contributed by atoms with van der Waals surface area (Å²) in [5.41, 5.74) is 0.536. The van der Waals surface area contributed by atoms with Gasteiger partial charge in [-0.2, -0.15) is 0 Å². The van der Waals surface area contributed by atoms with Crippen LogP contribution in [0.2, 0.25) is 0 Å². The number of fused-ring (bicyclic) bond motifs is 2. The number of carbonyl (C=O) groups is 2. The van der Waals surface area contributed by atoms with Crippen molar-refractivity contribution in [2.45, 2.75) is 18.9 Å². The lowest BCUT2D eigenvalue weighted by molar-refractivity contribution is -0.123. The van der Waals surface area contributed by atoms with E-state index in [4.69, 9.17) is 9.94 Å². The van der Waals surface area contributed by atoms with E-state index in [-0.39, 0.29) is 35.0 Å². The Bertz CT molecular complexity index is 618. The summed E-state index contributed by atoms with van der Waals surface area (Å²) in [4.78, 5) is 28.3. The first-order valence-electron chi connectivity index (χ1n) is 6.96. The van der Waals surface area contributed by atoms with Gasteiger partial charge in [-0.3, -0.25) is 19.7 Å². The number of carbonyl (C=O) groups excluding carboxylic acids is 2. The number of methoxy groups -OCH3 is 1. The minimum Gasteiger partial charge on any atom is -0.733 e. The van der Waals surface area contributed by atoms with Crippen molar-refractivity contribution in [3.63, 3.8) is 0 Å². The molecule has 8 heteroatoms. The van der Waals surface area contributed by atoms with E-state index in [9.17, 15) is 14.8 Å². The molecule has 1 aromatic carbocycles. The van der Waals surface area contributed by atoms with Crippen LogP contribution in [0.15, 0.2) is 18.2 Å². The first-order valence-corrected chi connectivity index (χ1v) is 6.96. The lowest BCUT2D eigenvalue weighted by atomic mass is 10.1. The quantitative estimate of drug-likeness (QED) is 0.835. The van der Waals surface area contributed by atoms with E-state index in [1.54, 1.807) is 0 Å². The van der Waals surface area contributed by atoms with E-state index in [1.165, 1.54) is 35.1 Å². The molecule has 1 saturated heterocycles. The van der Waals surface area contributed by atoms with Crippen LogP contribution in [0, 0.1) is 5.21 Å². The Labute approximate surface area is 127 Å². The van der Waals surface area contributed by atoms with Crippen LogP contribution in [-0.2, 0) is 9.53 Å². The zero-order valence-electron chi connectivity index (χ0n) is 12.1. The standard InChI is InChI=1S/C14H16N3O5/c1-22-8-16-11-5-4-9(17(20)21)7-10(11)13(18)15-6-2-3-12(15)14(16)19/h4-5,7,12,20H,2-3,6,8H2,1H3/q-1. The molecular formula is C14H16N3O5-. The minimum absolute atomic E-state index is 0.0169. The number of anilines is 2. The first kappa shape index (κ1) is 14.8. The third kappa shape index (κ3) is 2.21. The molecule has 8 nitrogen and oxygen atoms in total. The summed E-state index contributed by atoms with van der Waals surface area (Å²) in [6.45, 7) is 0.517. The highest BCUT2D eigenvalue weighted by atomic mass is 16.8. The fourth-order valence-corrected chi connectivity index (χ4v) is 3.03. The van der Waals surface area contributed by atoms with Gasteiger partial charge in [-0.25, -0.2) is 0 Å². The van der Waals surface area contributed by atoms with E-state index in [2.05, 4.69) is 0 Å². The summed E-state index contributed by atoms with van der Waals surface area (Å²) in [6.07, 6.45) is 1.37. The molecule has 2 aliphatic heterocycles. The highest BCUT2D eigenvalue weighted by Gasteiger charge is 2.42. The summed E-state index contributed by atoms with van der Waals surface area (Å²) >= 11 is 0. The summed E-state index contributed by atoms with van der Waals surface area (Å²) in [6, 6.07) is 3.62. The van der Waals surface area contributed by atoms with Gasteiger partial charge in [-0.1, -0.05) is 0 Å². The maximum Gasteiger partial charge on any atom is 0.256 e. The van der Waals surface area contributed by atoms with Crippen LogP contribution in [0.1, 0.15) is 23.2 Å². The lowest BCUT2D eigenvalue weighted by Gasteiger charge is -2.26. The first-order chi connectivity index (χ1) is 10.5. The Morgan fingerprint density at radius 3 is 2.91 bits per heavy atom. The Balaban J connectivity index is 2.14. The van der Waals surface area contributed by atoms with Crippen LogP contribution in [0.3, 0.4) is 0 Å². The van der Waals surface area contributed by atoms with Gasteiger partial charge in [-0.05, 0) is 31.0 Å². The van der Waals surface area contributed by atoms with Gasteiger partial charge in [0.25, 0.3) is 11.8 Å². The molecule has 0 aliphatic carbocycles. The molecule has 0 spiro atoms. The third-order valence-electron chi connectivity index (χ3n) is 4.05. The molecule has 1 unspecified atom stereocenters. The van der Waals surface area contributed by atoms with Crippen LogP contribution in [0.25, 0.3) is 0 Å². The average molecular weight is 306 g/mol. The molecule has 1 N–H and O–H groups in total. The zero-order valence-corrected chi connectivity index (χ0v) is 12.1. The van der Waals surface area contributed by atoms with Crippen LogP contribution < -0.4 is 10.1 Å². The Morgan fingerprint density at radius 1 is 1.45 bits per heavy atom. The van der Waals surface area contributed by atoms with Crippen molar-refractivity contribution in [3.8, 4) is 0 Å². The summed E-state index contributed by atoms with van der Waals surface area (Å²) in [5.74, 6) is -0.504. The number of hydrogen-bond acceptors (Lipinski definition) is 6. The normalized spacial score (nSPS) is 20.8. The van der Waals surface area contributed by atoms with Gasteiger partial charge in [0.2, 0.25) is 0 Å². The van der Waals surface area contributed by atoms with Crippen LogP contribution in [-0.4, -0.2) is 48.3 Å². The predicted molar refractivity (Wildman–Crippen MR) is 77.5 cm³/mol. The molecule has 0 radical (unpaired) electrons. The largest absolute Gasteiger partial charge is 0.733 e. The van der Waals surface area contributed by atoms with Crippen LogP contribution in [0.4, 0.5) is 11.4 Å². The molecule has 1 atom stereocenters. The molecule has 2 heterocycles. The fraction of sp³-hybridized carbons (Fsp3) is 0.429. The van der Waals surface area contributed by atoms with E-state index in [0.29, 0.717) is 18.7 Å². The van der Waals surface area contributed by atoms with E-state index < -0.39 is 6.04 Å². The molecule has 1 aromatic rings. The monoisotopic (exact) mass is 306 g/mol. The van der Waals surface area contributed by atoms with Gasteiger partial charge in [0, 0.05) is 13.7 Å². The topological polar surface area (TPSA) is 96.4 Å². The molecule has 22 heavy (non-hydrogen) atoms. The van der Waals surface area contributed by atoms with Crippen molar-refractivity contribution < 1.29 is 19.5 Å². The second-order valence-electron chi connectivity index (χ2n) is 5.32. The molecule has 0 bridgehead atoms. The van der Waals surface area contributed by atoms with Crippen molar-refractivity contribution in [1.29, 1.82) is 0 Å². The molecule has 0 saturated carbocycles. The number of rotatable bonds is 3. The Hall–Kier alpha value is -2.16. The number of amides is 2. The predicted octanol–water partition coefficient (Wildman–Crippen LogP) is 0.935. The number of nitrogens with zero attached hydrogens (tertiary/aromatic N) is 3. The van der Waals surface area contributed by atoms with Gasteiger partial charge >= 0.3 is 0 Å². The molecule has 118 valence electrons. The molecule has 2 aliphatic rings. The zero-order chi connectivity index (χ0) is 15.9. The van der Waals surface area contributed by atoms with Crippen molar-refractivity contribution in [1.82, 2.24) is 4.90 Å². The van der Waals surface area contributed by atoms with Crippen molar-refractivity contribution in [2.75, 3.05) is 30.5 Å². The van der Waals surface area contributed by atoms with Crippen molar-refractivity contribution in [2.24, 2.45) is 0 Å². The lowest BCUT2D eigenvalue weighted by Crippen LogP contribution is -2.45. The maximum absolute atomic E-state index is 12.7. The van der Waals surface area contributed by atoms with Gasteiger partial charge < -0.3 is 20.1 Å². The number of benzene rings is 1.